The highest BCUT2D eigenvalue weighted by Crippen LogP contribution is 2.23. The molecule has 4 aromatic rings. The van der Waals surface area contributed by atoms with Crippen LogP contribution in [-0.2, 0) is 11.2 Å². The van der Waals surface area contributed by atoms with E-state index in [0.29, 0.717) is 33.4 Å². The van der Waals surface area contributed by atoms with Crippen molar-refractivity contribution in [2.24, 2.45) is 5.73 Å². The first-order valence-electron chi connectivity index (χ1n) is 9.51. The summed E-state index contributed by atoms with van der Waals surface area (Å²) in [6.45, 7) is 0. The van der Waals surface area contributed by atoms with Crippen LogP contribution in [0.2, 0.25) is 0 Å². The Bertz CT molecular complexity index is 1360. The van der Waals surface area contributed by atoms with Crippen molar-refractivity contribution in [3.8, 4) is 5.75 Å². The second kappa shape index (κ2) is 8.27. The predicted molar refractivity (Wildman–Crippen MR) is 115 cm³/mol. The van der Waals surface area contributed by atoms with Gasteiger partial charge in [-0.2, -0.15) is 0 Å². The molecule has 0 aliphatic rings. The van der Waals surface area contributed by atoms with E-state index in [2.05, 4.69) is 10.3 Å². The van der Waals surface area contributed by atoms with Crippen molar-refractivity contribution in [2.75, 3.05) is 7.11 Å². The number of hydrogen-bond donors (Lipinski definition) is 2. The van der Waals surface area contributed by atoms with Gasteiger partial charge < -0.3 is 20.2 Å². The van der Waals surface area contributed by atoms with Gasteiger partial charge in [-0.1, -0.05) is 18.2 Å². The number of hydrogen-bond acceptors (Lipinski definition) is 6. The zero-order chi connectivity index (χ0) is 22.0. The van der Waals surface area contributed by atoms with Crippen LogP contribution in [0, 0.1) is 0 Å². The highest BCUT2D eigenvalue weighted by Gasteiger charge is 2.22. The number of carbonyl (C=O) groups is 2. The van der Waals surface area contributed by atoms with Crippen molar-refractivity contribution in [3.63, 3.8) is 0 Å². The zero-order valence-electron chi connectivity index (χ0n) is 16.6. The lowest BCUT2D eigenvalue weighted by molar-refractivity contribution is -0.119. The van der Waals surface area contributed by atoms with Crippen molar-refractivity contribution in [3.05, 3.63) is 82.3 Å². The number of para-hydroxylation sites is 1. The van der Waals surface area contributed by atoms with Crippen LogP contribution in [0.3, 0.4) is 0 Å². The lowest BCUT2D eigenvalue weighted by Crippen LogP contribution is -2.46. The van der Waals surface area contributed by atoms with Gasteiger partial charge in [-0.3, -0.25) is 14.6 Å². The molecule has 156 valence electrons. The number of aromatic nitrogens is 1. The van der Waals surface area contributed by atoms with Gasteiger partial charge in [-0.25, -0.2) is 4.79 Å². The largest absolute Gasteiger partial charge is 0.497 e. The molecular weight excluding hydrogens is 398 g/mol. The van der Waals surface area contributed by atoms with Gasteiger partial charge >= 0.3 is 5.63 Å². The van der Waals surface area contributed by atoms with Crippen LogP contribution in [0.4, 0.5) is 0 Å². The lowest BCUT2D eigenvalue weighted by atomic mass is 10.0. The quantitative estimate of drug-likeness (QED) is 0.463. The second-order valence-corrected chi connectivity index (χ2v) is 6.97. The molecule has 8 nitrogen and oxygen atoms in total. The van der Waals surface area contributed by atoms with Gasteiger partial charge in [0, 0.05) is 35.5 Å². The first-order chi connectivity index (χ1) is 15.0. The van der Waals surface area contributed by atoms with Crippen molar-refractivity contribution in [1.82, 2.24) is 10.3 Å². The number of nitrogens with two attached hydrogens (primary N) is 1. The molecule has 2 heterocycles. The number of fused-ring (bicyclic) bond motifs is 2. The fraction of sp³-hybridized carbons (Fsp3) is 0.130. The van der Waals surface area contributed by atoms with Crippen molar-refractivity contribution < 1.29 is 18.7 Å². The number of primary amides is 1. The number of pyridine rings is 1. The average Bonchev–Trinajstić information content (AvgIpc) is 2.77. The standard InChI is InChI=1S/C23H19N3O5/c1-30-15-7-8-16-14(11-20(27)31-19(16)12-15)10-18(22(24)28)26-23(29)17-6-2-4-13-5-3-9-25-21(13)17/h2-9,11-12,18H,10H2,1H3,(H2,24,28)(H,26,29)/t18-/m0/s1. The first-order valence-corrected chi connectivity index (χ1v) is 9.51. The summed E-state index contributed by atoms with van der Waals surface area (Å²) in [4.78, 5) is 41.3. The maximum absolute atomic E-state index is 12.9. The van der Waals surface area contributed by atoms with E-state index >= 15 is 0 Å². The molecule has 2 aromatic heterocycles. The Morgan fingerprint density at radius 2 is 1.97 bits per heavy atom. The van der Waals surface area contributed by atoms with Gasteiger partial charge in [0.1, 0.15) is 17.4 Å². The van der Waals surface area contributed by atoms with Crippen LogP contribution < -0.4 is 21.4 Å². The summed E-state index contributed by atoms with van der Waals surface area (Å²) < 4.78 is 10.4. The molecule has 3 N–H and O–H groups in total. The Morgan fingerprint density at radius 3 is 2.74 bits per heavy atom. The average molecular weight is 417 g/mol. The summed E-state index contributed by atoms with van der Waals surface area (Å²) in [5, 5.41) is 4.09. The molecule has 8 heteroatoms. The predicted octanol–water partition coefficient (Wildman–Crippen LogP) is 2.18. The number of carbonyl (C=O) groups excluding carboxylic acids is 2. The SMILES string of the molecule is COc1ccc2c(C[C@H](NC(=O)c3cccc4cccnc34)C(N)=O)cc(=O)oc2c1. The van der Waals surface area contributed by atoms with Crippen LogP contribution in [0.15, 0.2) is 70.0 Å². The van der Waals surface area contributed by atoms with Gasteiger partial charge in [0.2, 0.25) is 5.91 Å². The molecular formula is C23H19N3O5. The molecule has 0 unspecified atom stereocenters. The zero-order valence-corrected chi connectivity index (χ0v) is 16.6. The maximum Gasteiger partial charge on any atom is 0.336 e. The first kappa shape index (κ1) is 20.1. The summed E-state index contributed by atoms with van der Waals surface area (Å²) in [6.07, 6.45) is 1.61. The van der Waals surface area contributed by atoms with Crippen LogP contribution in [-0.4, -0.2) is 29.9 Å². The van der Waals surface area contributed by atoms with Crippen LogP contribution >= 0.6 is 0 Å². The van der Waals surface area contributed by atoms with Gasteiger partial charge in [0.05, 0.1) is 18.2 Å². The van der Waals surface area contributed by atoms with E-state index in [1.54, 1.807) is 42.6 Å². The number of nitrogens with zero attached hydrogens (tertiary/aromatic N) is 1. The minimum atomic E-state index is -1.04. The summed E-state index contributed by atoms with van der Waals surface area (Å²) in [7, 11) is 1.50. The number of amides is 2. The number of methoxy groups -OCH3 is 1. The van der Waals surface area contributed by atoms with E-state index in [9.17, 15) is 14.4 Å². The Morgan fingerprint density at radius 1 is 1.16 bits per heavy atom. The monoisotopic (exact) mass is 417 g/mol. The van der Waals surface area contributed by atoms with Crippen LogP contribution in [0.25, 0.3) is 21.9 Å². The molecule has 1 atom stereocenters. The molecule has 4 rings (SSSR count). The number of nitrogens with one attached hydrogen (secondary N) is 1. The van der Waals surface area contributed by atoms with Crippen molar-refractivity contribution in [2.45, 2.75) is 12.5 Å². The van der Waals surface area contributed by atoms with E-state index in [4.69, 9.17) is 14.9 Å². The molecule has 2 amide bonds. The lowest BCUT2D eigenvalue weighted by Gasteiger charge is -2.17. The molecule has 31 heavy (non-hydrogen) atoms. The minimum absolute atomic E-state index is 0.0215. The summed E-state index contributed by atoms with van der Waals surface area (Å²) >= 11 is 0. The third-order valence-corrected chi connectivity index (χ3v) is 4.99. The van der Waals surface area contributed by atoms with Crippen LogP contribution in [0.5, 0.6) is 5.75 Å². The number of rotatable bonds is 6. The van der Waals surface area contributed by atoms with E-state index in [-0.39, 0.29) is 6.42 Å². The van der Waals surface area contributed by atoms with E-state index in [0.717, 1.165) is 5.39 Å². The topological polar surface area (TPSA) is 125 Å². The van der Waals surface area contributed by atoms with Gasteiger partial charge in [-0.05, 0) is 29.8 Å². The second-order valence-electron chi connectivity index (χ2n) is 6.97. The Hall–Kier alpha value is -4.20. The van der Waals surface area contributed by atoms with Gasteiger partial charge in [-0.15, -0.1) is 0 Å². The highest BCUT2D eigenvalue weighted by molar-refractivity contribution is 6.06. The molecule has 0 aliphatic carbocycles. The normalized spacial score (nSPS) is 11.9. The maximum atomic E-state index is 12.9. The third kappa shape index (κ3) is 4.09. The van der Waals surface area contributed by atoms with E-state index < -0.39 is 23.5 Å². The third-order valence-electron chi connectivity index (χ3n) is 4.99. The molecule has 0 radical (unpaired) electrons. The summed E-state index contributed by atoms with van der Waals surface area (Å²) in [5.74, 6) is -0.686. The van der Waals surface area contributed by atoms with E-state index in [1.807, 2.05) is 12.1 Å². The van der Waals surface area contributed by atoms with Gasteiger partial charge in [0.25, 0.3) is 5.91 Å². The molecule has 0 saturated heterocycles. The van der Waals surface area contributed by atoms with E-state index in [1.165, 1.54) is 13.2 Å². The van der Waals surface area contributed by atoms with Crippen molar-refractivity contribution in [1.29, 1.82) is 0 Å². The molecule has 0 saturated carbocycles. The Balaban J connectivity index is 1.67. The summed E-state index contributed by atoms with van der Waals surface area (Å²) in [5.41, 5.74) is 6.66. The Kier molecular flexibility index (Phi) is 5.36. The number of ether oxygens (including phenoxy) is 1. The highest BCUT2D eigenvalue weighted by atomic mass is 16.5. The van der Waals surface area contributed by atoms with Gasteiger partial charge in [0.15, 0.2) is 0 Å². The molecule has 0 fully saturated rings. The molecule has 0 aliphatic heterocycles. The van der Waals surface area contributed by atoms with Crippen molar-refractivity contribution >= 4 is 33.7 Å². The fourth-order valence-corrected chi connectivity index (χ4v) is 3.47. The molecule has 0 bridgehead atoms. The smallest absolute Gasteiger partial charge is 0.336 e. The molecule has 0 spiro atoms. The molecule has 2 aromatic carbocycles. The number of benzene rings is 2. The Labute approximate surface area is 176 Å². The summed E-state index contributed by atoms with van der Waals surface area (Å²) in [6, 6.07) is 14.1. The minimum Gasteiger partial charge on any atom is -0.497 e. The van der Waals surface area contributed by atoms with Crippen LogP contribution in [0.1, 0.15) is 15.9 Å². The fourth-order valence-electron chi connectivity index (χ4n) is 3.47.